The maximum absolute atomic E-state index is 13.2. The van der Waals surface area contributed by atoms with Crippen LogP contribution >= 0.6 is 0 Å². The second kappa shape index (κ2) is 9.24. The van der Waals surface area contributed by atoms with Crippen LogP contribution in [0.25, 0.3) is 0 Å². The van der Waals surface area contributed by atoms with Gasteiger partial charge in [0.25, 0.3) is 0 Å². The highest BCUT2D eigenvalue weighted by Crippen LogP contribution is 2.44. The number of nitrogens with one attached hydrogen (secondary N) is 3. The molecule has 3 N–H and O–H groups in total. The third-order valence-electron chi connectivity index (χ3n) is 6.55. The third kappa shape index (κ3) is 5.00. The highest BCUT2D eigenvalue weighted by molar-refractivity contribution is 7.90. The van der Waals surface area contributed by atoms with Crippen LogP contribution < -0.4 is 16.0 Å². The molecule has 0 saturated heterocycles. The van der Waals surface area contributed by atoms with Crippen molar-refractivity contribution in [2.75, 3.05) is 5.32 Å². The van der Waals surface area contributed by atoms with Crippen molar-refractivity contribution in [3.63, 3.8) is 0 Å². The first-order chi connectivity index (χ1) is 16.4. The zero-order valence-electron chi connectivity index (χ0n) is 19.2. The van der Waals surface area contributed by atoms with Crippen LogP contribution in [0.5, 0.6) is 0 Å². The fourth-order valence-electron chi connectivity index (χ4n) is 4.50. The van der Waals surface area contributed by atoms with Crippen LogP contribution in [-0.2, 0) is 28.7 Å². The van der Waals surface area contributed by atoms with Gasteiger partial charge >= 0.3 is 6.03 Å². The van der Waals surface area contributed by atoms with Crippen molar-refractivity contribution in [2.45, 2.75) is 55.5 Å². The molecule has 0 radical (unpaired) electrons. The number of hydrogen-bond donors (Lipinski definition) is 3. The third-order valence-corrected chi connectivity index (χ3v) is 8.24. The molecule has 0 aromatic heterocycles. The predicted octanol–water partition coefficient (Wildman–Crippen LogP) is 5.02. The molecule has 34 heavy (non-hydrogen) atoms. The average molecular weight is 476 g/mol. The van der Waals surface area contributed by atoms with Crippen molar-refractivity contribution in [1.82, 2.24) is 10.6 Å². The summed E-state index contributed by atoms with van der Waals surface area (Å²) < 4.78 is 26.4. The Bertz CT molecular complexity index is 1320. The largest absolute Gasteiger partial charge is 0.331 e. The van der Waals surface area contributed by atoms with Gasteiger partial charge in [-0.1, -0.05) is 48.5 Å². The number of hydrogen-bond acceptors (Lipinski definition) is 4. The summed E-state index contributed by atoms with van der Waals surface area (Å²) in [5, 5.41) is 9.18. The van der Waals surface area contributed by atoms with Gasteiger partial charge in [0.2, 0.25) is 0 Å². The number of anilines is 1. The topological polar surface area (TPSA) is 87.3 Å². The molecular weight excluding hydrogens is 446 g/mol. The quantitative estimate of drug-likeness (QED) is 0.448. The summed E-state index contributed by atoms with van der Waals surface area (Å²) in [5.41, 5.74) is 5.77. The lowest BCUT2D eigenvalue weighted by atomic mass is 10.1. The van der Waals surface area contributed by atoms with Crippen molar-refractivity contribution in [2.24, 2.45) is 0 Å². The standard InChI is InChI=1S/C27H29N3O3S/c1-18(20-5-3-2-4-6-20)29-27(31)30-26-12-11-24(14-25(26)21-9-10-21)34(32,33)17-19-7-8-22-15-28-16-23(22)13-19/h2-8,11-14,18,21,28H,9-10,15-17H2,1H3,(H2,29,30,31). The van der Waals surface area contributed by atoms with Crippen LogP contribution in [0.3, 0.4) is 0 Å². The van der Waals surface area contributed by atoms with Crippen molar-refractivity contribution in [1.29, 1.82) is 0 Å². The lowest BCUT2D eigenvalue weighted by molar-refractivity contribution is 0.249. The number of amides is 2. The van der Waals surface area contributed by atoms with E-state index < -0.39 is 9.84 Å². The molecule has 1 aliphatic carbocycles. The highest BCUT2D eigenvalue weighted by atomic mass is 32.2. The van der Waals surface area contributed by atoms with Gasteiger partial charge in [0, 0.05) is 18.8 Å². The zero-order valence-corrected chi connectivity index (χ0v) is 20.0. The Morgan fingerprint density at radius 3 is 2.53 bits per heavy atom. The molecule has 6 nitrogen and oxygen atoms in total. The maximum atomic E-state index is 13.2. The van der Waals surface area contributed by atoms with Gasteiger partial charge in [-0.15, -0.1) is 0 Å². The fraction of sp³-hybridized carbons (Fsp3) is 0.296. The Hall–Kier alpha value is -3.16. The maximum Gasteiger partial charge on any atom is 0.319 e. The summed E-state index contributed by atoms with van der Waals surface area (Å²) in [6.45, 7) is 3.54. The molecule has 2 aliphatic rings. The van der Waals surface area contributed by atoms with Crippen LogP contribution in [0.2, 0.25) is 0 Å². The molecule has 3 aromatic rings. The minimum Gasteiger partial charge on any atom is -0.331 e. The van der Waals surface area contributed by atoms with Crippen molar-refractivity contribution < 1.29 is 13.2 Å². The van der Waals surface area contributed by atoms with E-state index in [1.165, 1.54) is 11.1 Å². The first-order valence-electron chi connectivity index (χ1n) is 11.7. The van der Waals surface area contributed by atoms with E-state index in [1.807, 2.05) is 55.5 Å². The van der Waals surface area contributed by atoms with Gasteiger partial charge in [-0.2, -0.15) is 0 Å². The number of carbonyl (C=O) groups is 1. The van der Waals surface area contributed by atoms with E-state index in [-0.39, 0.29) is 23.7 Å². The SMILES string of the molecule is CC(NC(=O)Nc1ccc(S(=O)(=O)Cc2ccc3c(c2)CNC3)cc1C1CC1)c1ccccc1. The second-order valence-electron chi connectivity index (χ2n) is 9.22. The van der Waals surface area contributed by atoms with Crippen molar-refractivity contribution in [3.8, 4) is 0 Å². The van der Waals surface area contributed by atoms with Gasteiger partial charge in [-0.25, -0.2) is 13.2 Å². The van der Waals surface area contributed by atoms with E-state index >= 15 is 0 Å². The number of sulfone groups is 1. The molecule has 176 valence electrons. The summed E-state index contributed by atoms with van der Waals surface area (Å²) in [4.78, 5) is 13.0. The molecule has 3 aromatic carbocycles. The van der Waals surface area contributed by atoms with E-state index in [4.69, 9.17) is 0 Å². The van der Waals surface area contributed by atoms with Crippen molar-refractivity contribution >= 4 is 21.6 Å². The summed E-state index contributed by atoms with van der Waals surface area (Å²) >= 11 is 0. The number of rotatable bonds is 7. The Morgan fingerprint density at radius 1 is 1.00 bits per heavy atom. The van der Waals surface area contributed by atoms with Crippen LogP contribution in [-0.4, -0.2) is 14.4 Å². The second-order valence-corrected chi connectivity index (χ2v) is 11.2. The van der Waals surface area contributed by atoms with E-state index in [0.717, 1.165) is 42.6 Å². The molecule has 1 heterocycles. The summed E-state index contributed by atoms with van der Waals surface area (Å²) in [6.07, 6.45) is 2.00. The smallest absolute Gasteiger partial charge is 0.319 e. The predicted molar refractivity (Wildman–Crippen MR) is 133 cm³/mol. The Kier molecular flexibility index (Phi) is 6.15. The van der Waals surface area contributed by atoms with Crippen LogP contribution in [0.1, 0.15) is 59.5 Å². The highest BCUT2D eigenvalue weighted by Gasteiger charge is 2.29. The van der Waals surface area contributed by atoms with Crippen molar-refractivity contribution in [3.05, 3.63) is 94.5 Å². The molecule has 0 spiro atoms. The molecule has 5 rings (SSSR count). The van der Waals surface area contributed by atoms with Gasteiger partial charge < -0.3 is 16.0 Å². The minimum absolute atomic E-state index is 0.0355. The minimum atomic E-state index is -3.51. The number of fused-ring (bicyclic) bond motifs is 1. The van der Waals surface area contributed by atoms with Crippen LogP contribution in [0.4, 0.5) is 10.5 Å². The molecule has 2 amide bonds. The Labute approximate surface area is 200 Å². The average Bonchev–Trinajstić information content (AvgIpc) is 3.56. The monoisotopic (exact) mass is 475 g/mol. The first kappa shape index (κ1) is 22.6. The van der Waals surface area contributed by atoms with Gasteiger partial charge in [-0.3, -0.25) is 0 Å². The Morgan fingerprint density at radius 2 is 1.76 bits per heavy atom. The lowest BCUT2D eigenvalue weighted by Crippen LogP contribution is -2.31. The molecule has 1 fully saturated rings. The molecule has 1 aliphatic heterocycles. The number of carbonyl (C=O) groups excluding carboxylic acids is 1. The summed E-state index contributed by atoms with van der Waals surface area (Å²) in [7, 11) is -3.51. The number of benzene rings is 3. The van der Waals surface area contributed by atoms with Crippen LogP contribution in [0.15, 0.2) is 71.6 Å². The molecular formula is C27H29N3O3S. The fourth-order valence-corrected chi connectivity index (χ4v) is 5.87. The van der Waals surface area contributed by atoms with Gasteiger partial charge in [0.15, 0.2) is 9.84 Å². The van der Waals surface area contributed by atoms with Gasteiger partial charge in [-0.05, 0) is 71.7 Å². The van der Waals surface area contributed by atoms with E-state index in [2.05, 4.69) is 16.0 Å². The van der Waals surface area contributed by atoms with E-state index in [1.54, 1.807) is 18.2 Å². The van der Waals surface area contributed by atoms with Gasteiger partial charge in [0.05, 0.1) is 16.7 Å². The lowest BCUT2D eigenvalue weighted by Gasteiger charge is -2.17. The summed E-state index contributed by atoms with van der Waals surface area (Å²) in [6, 6.07) is 20.3. The summed E-state index contributed by atoms with van der Waals surface area (Å²) in [5.74, 6) is 0.245. The van der Waals surface area contributed by atoms with E-state index in [0.29, 0.717) is 10.6 Å². The molecule has 0 bridgehead atoms. The molecule has 1 atom stereocenters. The normalized spacial score (nSPS) is 16.0. The first-order valence-corrected chi connectivity index (χ1v) is 13.3. The Balaban J connectivity index is 1.32. The zero-order chi connectivity index (χ0) is 23.7. The molecule has 1 unspecified atom stereocenters. The molecule has 1 saturated carbocycles. The molecule has 7 heteroatoms. The van der Waals surface area contributed by atoms with Gasteiger partial charge in [0.1, 0.15) is 0 Å². The van der Waals surface area contributed by atoms with Crippen LogP contribution in [0, 0.1) is 0 Å². The van der Waals surface area contributed by atoms with E-state index in [9.17, 15) is 13.2 Å². The number of urea groups is 1.